The summed E-state index contributed by atoms with van der Waals surface area (Å²) < 4.78 is 24.2. The van der Waals surface area contributed by atoms with Gasteiger partial charge in [0, 0.05) is 12.1 Å². The normalized spacial score (nSPS) is 16.4. The van der Waals surface area contributed by atoms with E-state index in [2.05, 4.69) is 10.4 Å². The van der Waals surface area contributed by atoms with Crippen LogP contribution in [-0.4, -0.2) is 23.2 Å². The summed E-state index contributed by atoms with van der Waals surface area (Å²) in [5.74, 6) is 0.756. The van der Waals surface area contributed by atoms with Gasteiger partial charge in [0.1, 0.15) is 29.1 Å². The summed E-state index contributed by atoms with van der Waals surface area (Å²) in [6.45, 7) is 1.81. The zero-order valence-corrected chi connectivity index (χ0v) is 14.7. The minimum Gasteiger partial charge on any atom is -0.467 e. The first-order valence-corrected chi connectivity index (χ1v) is 8.58. The maximum Gasteiger partial charge on any atom is 0.262 e. The number of anilines is 1. The fourth-order valence-electron chi connectivity index (χ4n) is 3.11. The van der Waals surface area contributed by atoms with Gasteiger partial charge in [-0.05, 0) is 55.0 Å². The predicted molar refractivity (Wildman–Crippen MR) is 97.8 cm³/mol. The van der Waals surface area contributed by atoms with Gasteiger partial charge in [0.15, 0.2) is 0 Å². The van der Waals surface area contributed by atoms with Crippen LogP contribution in [0.4, 0.5) is 10.1 Å². The van der Waals surface area contributed by atoms with E-state index >= 15 is 0 Å². The van der Waals surface area contributed by atoms with Crippen LogP contribution in [0.1, 0.15) is 29.5 Å². The number of benzene rings is 1. The molecule has 138 valence electrons. The van der Waals surface area contributed by atoms with Gasteiger partial charge in [0.25, 0.3) is 5.91 Å². The fourth-order valence-corrected chi connectivity index (χ4v) is 3.11. The number of halogens is 1. The molecule has 4 rings (SSSR count). The lowest BCUT2D eigenvalue weighted by molar-refractivity contribution is -0.131. The lowest BCUT2D eigenvalue weighted by Crippen LogP contribution is -2.32. The van der Waals surface area contributed by atoms with Gasteiger partial charge in [0.05, 0.1) is 19.1 Å². The van der Waals surface area contributed by atoms with E-state index in [1.807, 2.05) is 12.1 Å². The molecule has 27 heavy (non-hydrogen) atoms. The SMILES string of the molecule is Cc1cc(F)ccc1NCC(=O)N1N=C(c2ccco2)CC1c1ccco1. The van der Waals surface area contributed by atoms with Crippen molar-refractivity contribution in [1.82, 2.24) is 5.01 Å². The van der Waals surface area contributed by atoms with E-state index < -0.39 is 0 Å². The van der Waals surface area contributed by atoms with Crippen molar-refractivity contribution in [2.24, 2.45) is 5.10 Å². The molecule has 1 aromatic carbocycles. The predicted octanol–water partition coefficient (Wildman–Crippen LogP) is 4.11. The summed E-state index contributed by atoms with van der Waals surface area (Å²) in [6, 6.07) is 11.3. The first-order chi connectivity index (χ1) is 13.1. The quantitative estimate of drug-likeness (QED) is 0.737. The Morgan fingerprint density at radius 3 is 2.78 bits per heavy atom. The van der Waals surface area contributed by atoms with E-state index in [9.17, 15) is 9.18 Å². The van der Waals surface area contributed by atoms with E-state index in [-0.39, 0.29) is 24.3 Å². The number of hydrogen-bond acceptors (Lipinski definition) is 5. The lowest BCUT2D eigenvalue weighted by Gasteiger charge is -2.20. The summed E-state index contributed by atoms with van der Waals surface area (Å²) in [7, 11) is 0. The number of aryl methyl sites for hydroxylation is 1. The molecular formula is C20H18FN3O3. The van der Waals surface area contributed by atoms with Crippen molar-refractivity contribution in [2.75, 3.05) is 11.9 Å². The zero-order chi connectivity index (χ0) is 18.8. The first kappa shape index (κ1) is 17.1. The molecule has 1 aliphatic rings. The van der Waals surface area contributed by atoms with E-state index in [0.717, 1.165) is 5.56 Å². The van der Waals surface area contributed by atoms with Crippen LogP contribution >= 0.6 is 0 Å². The number of hydrazone groups is 1. The number of nitrogens with one attached hydrogen (secondary N) is 1. The molecule has 0 bridgehead atoms. The second kappa shape index (κ2) is 7.11. The molecule has 0 spiro atoms. The summed E-state index contributed by atoms with van der Waals surface area (Å²) in [5, 5.41) is 8.93. The van der Waals surface area contributed by atoms with Crippen LogP contribution in [0.5, 0.6) is 0 Å². The Balaban J connectivity index is 1.53. The van der Waals surface area contributed by atoms with Crippen molar-refractivity contribution in [2.45, 2.75) is 19.4 Å². The van der Waals surface area contributed by atoms with Crippen LogP contribution in [0.3, 0.4) is 0 Å². The molecule has 3 heterocycles. The maximum atomic E-state index is 13.2. The van der Waals surface area contributed by atoms with Gasteiger partial charge in [0.2, 0.25) is 0 Å². The van der Waals surface area contributed by atoms with Crippen LogP contribution in [-0.2, 0) is 4.79 Å². The van der Waals surface area contributed by atoms with Crippen molar-refractivity contribution in [3.05, 3.63) is 77.9 Å². The van der Waals surface area contributed by atoms with Gasteiger partial charge >= 0.3 is 0 Å². The Labute approximate surface area is 155 Å². The molecule has 0 saturated carbocycles. The highest BCUT2D eigenvalue weighted by atomic mass is 19.1. The van der Waals surface area contributed by atoms with E-state index in [4.69, 9.17) is 8.83 Å². The summed E-state index contributed by atoms with van der Waals surface area (Å²) in [4.78, 5) is 12.8. The van der Waals surface area contributed by atoms with Gasteiger partial charge in [-0.3, -0.25) is 4.79 Å². The van der Waals surface area contributed by atoms with Crippen molar-refractivity contribution >= 4 is 17.3 Å². The molecule has 0 saturated heterocycles. The van der Waals surface area contributed by atoms with Crippen molar-refractivity contribution in [1.29, 1.82) is 0 Å². The molecular weight excluding hydrogens is 349 g/mol. The third kappa shape index (κ3) is 3.48. The fraction of sp³-hybridized carbons (Fsp3) is 0.200. The van der Waals surface area contributed by atoms with Crippen LogP contribution in [0.2, 0.25) is 0 Å². The Morgan fingerprint density at radius 1 is 1.26 bits per heavy atom. The highest BCUT2D eigenvalue weighted by Gasteiger charge is 2.35. The topological polar surface area (TPSA) is 71.0 Å². The third-order valence-corrected chi connectivity index (χ3v) is 4.46. The molecule has 7 heteroatoms. The number of nitrogens with zero attached hydrogens (tertiary/aromatic N) is 2. The average molecular weight is 367 g/mol. The average Bonchev–Trinajstić information content (AvgIpc) is 3.40. The van der Waals surface area contributed by atoms with Crippen molar-refractivity contribution in [3.63, 3.8) is 0 Å². The second-order valence-corrected chi connectivity index (χ2v) is 6.31. The molecule has 1 aliphatic heterocycles. The Hall–Kier alpha value is -3.35. The van der Waals surface area contributed by atoms with Gasteiger partial charge < -0.3 is 14.2 Å². The molecule has 1 atom stereocenters. The zero-order valence-electron chi connectivity index (χ0n) is 14.7. The molecule has 1 amide bonds. The highest BCUT2D eigenvalue weighted by Crippen LogP contribution is 2.33. The molecule has 0 radical (unpaired) electrons. The molecule has 3 aromatic rings. The molecule has 0 aliphatic carbocycles. The van der Waals surface area contributed by atoms with Crippen LogP contribution < -0.4 is 5.32 Å². The standard InChI is InChI=1S/C20H18FN3O3/c1-13-10-14(21)6-7-15(13)22-12-20(25)24-17(19-5-3-9-27-19)11-16(23-24)18-4-2-8-26-18/h2-10,17,22H,11-12H2,1H3. The molecule has 1 unspecified atom stereocenters. The molecule has 2 aromatic heterocycles. The highest BCUT2D eigenvalue weighted by molar-refractivity contribution is 6.01. The summed E-state index contributed by atoms with van der Waals surface area (Å²) in [6.07, 6.45) is 3.65. The van der Waals surface area contributed by atoms with Crippen molar-refractivity contribution in [3.8, 4) is 0 Å². The number of rotatable bonds is 5. The number of furan rings is 2. The maximum absolute atomic E-state index is 13.2. The van der Waals surface area contributed by atoms with Crippen LogP contribution in [0.15, 0.2) is 68.9 Å². The van der Waals surface area contributed by atoms with E-state index in [0.29, 0.717) is 29.3 Å². The van der Waals surface area contributed by atoms with E-state index in [1.54, 1.807) is 37.6 Å². The van der Waals surface area contributed by atoms with Gasteiger partial charge in [-0.15, -0.1) is 0 Å². The smallest absolute Gasteiger partial charge is 0.262 e. The largest absolute Gasteiger partial charge is 0.467 e. The third-order valence-electron chi connectivity index (χ3n) is 4.46. The number of hydrogen-bond donors (Lipinski definition) is 1. The summed E-state index contributed by atoms with van der Waals surface area (Å²) >= 11 is 0. The van der Waals surface area contributed by atoms with Gasteiger partial charge in [-0.25, -0.2) is 9.40 Å². The first-order valence-electron chi connectivity index (χ1n) is 8.58. The molecule has 0 fully saturated rings. The van der Waals surface area contributed by atoms with E-state index in [1.165, 1.54) is 17.1 Å². The molecule has 1 N–H and O–H groups in total. The Bertz CT molecular complexity index is 965. The Kier molecular flexibility index (Phi) is 4.50. The lowest BCUT2D eigenvalue weighted by atomic mass is 10.1. The molecule has 6 nitrogen and oxygen atoms in total. The number of carbonyl (C=O) groups is 1. The van der Waals surface area contributed by atoms with Crippen LogP contribution in [0.25, 0.3) is 0 Å². The minimum absolute atomic E-state index is 0.0264. The van der Waals surface area contributed by atoms with Crippen LogP contribution in [0, 0.1) is 12.7 Å². The Morgan fingerprint density at radius 2 is 2.07 bits per heavy atom. The second-order valence-electron chi connectivity index (χ2n) is 6.31. The monoisotopic (exact) mass is 367 g/mol. The van der Waals surface area contributed by atoms with Gasteiger partial charge in [-0.1, -0.05) is 0 Å². The minimum atomic E-state index is -0.330. The van der Waals surface area contributed by atoms with Gasteiger partial charge in [-0.2, -0.15) is 5.10 Å². The number of carbonyl (C=O) groups excluding carboxylic acids is 1. The van der Waals surface area contributed by atoms with Crippen molar-refractivity contribution < 1.29 is 18.0 Å². The number of amides is 1. The summed E-state index contributed by atoms with van der Waals surface area (Å²) in [5.41, 5.74) is 2.12.